The lowest BCUT2D eigenvalue weighted by atomic mass is 9.77. The minimum Gasteiger partial charge on any atom is -0.195 e. The fourth-order valence-electron chi connectivity index (χ4n) is 4.54. The van der Waals surface area contributed by atoms with E-state index in [0.717, 1.165) is 31.2 Å². The van der Waals surface area contributed by atoms with Gasteiger partial charge in [-0.05, 0) is 98.8 Å². The number of benzene rings is 1. The van der Waals surface area contributed by atoms with E-state index in [0.29, 0.717) is 17.8 Å². The van der Waals surface area contributed by atoms with E-state index in [9.17, 15) is 4.39 Å². The normalized spacial score (nSPS) is 29.2. The number of hydrogen-bond donors (Lipinski definition) is 0. The predicted octanol–water partition coefficient (Wildman–Crippen LogP) is 6.57. The lowest BCUT2D eigenvalue weighted by Crippen LogP contribution is -2.14. The topological polar surface area (TPSA) is 47.6 Å². The van der Waals surface area contributed by atoms with Gasteiger partial charge in [-0.25, -0.2) is 0 Å². The smallest absolute Gasteiger partial charge is 0.195 e. The van der Waals surface area contributed by atoms with Gasteiger partial charge in [0, 0.05) is 0 Å². The van der Waals surface area contributed by atoms with Crippen LogP contribution in [0.3, 0.4) is 0 Å². The largest absolute Gasteiger partial charge is 0.196 e. The summed E-state index contributed by atoms with van der Waals surface area (Å²) >= 11 is 0. The van der Waals surface area contributed by atoms with Crippen molar-refractivity contribution < 1.29 is 4.39 Å². The fourth-order valence-corrected chi connectivity index (χ4v) is 4.54. The number of halogens is 1. The summed E-state index contributed by atoms with van der Waals surface area (Å²) in [5, 5.41) is 17.5. The Kier molecular flexibility index (Phi) is 6.83. The van der Waals surface area contributed by atoms with Gasteiger partial charge in [-0.2, -0.15) is 14.9 Å². The van der Waals surface area contributed by atoms with E-state index in [-0.39, 0.29) is 5.92 Å². The Hall–Kier alpha value is -2.39. The fraction of sp³-hybridized carbons (Fsp3) is 0.500. The van der Waals surface area contributed by atoms with Crippen molar-refractivity contribution in [2.24, 2.45) is 17.8 Å². The molecular weight excluding hydrogens is 335 g/mol. The first-order valence-corrected chi connectivity index (χ1v) is 10.1. The quantitative estimate of drug-likeness (QED) is 0.449. The Balaban J connectivity index is 1.43. The van der Waals surface area contributed by atoms with Gasteiger partial charge in [0.2, 0.25) is 0 Å². The van der Waals surface area contributed by atoms with Crippen LogP contribution >= 0.6 is 0 Å². The molecule has 2 aliphatic rings. The summed E-state index contributed by atoms with van der Waals surface area (Å²) in [6.07, 6.45) is 15.4. The standard InChI is InChI=1S/C24H27FN2/c25-24(17-27)15-20-5-3-18(4-6-20)1-2-19-7-11-22(12-8-19)23-13-9-21(16-26)10-14-23/h1-2,9-10,13-15,18-20,22H,3-8,11-12H2/b2-1+,24-15?. The van der Waals surface area contributed by atoms with Crippen molar-refractivity contribution >= 4 is 0 Å². The van der Waals surface area contributed by atoms with Crippen LogP contribution in [0, 0.1) is 40.4 Å². The molecule has 2 nitrogen and oxygen atoms in total. The molecule has 3 heteroatoms. The van der Waals surface area contributed by atoms with Crippen molar-refractivity contribution in [3.05, 3.63) is 59.4 Å². The molecule has 2 fully saturated rings. The summed E-state index contributed by atoms with van der Waals surface area (Å²) in [4.78, 5) is 0. The molecule has 1 aromatic rings. The van der Waals surface area contributed by atoms with Crippen molar-refractivity contribution in [3.63, 3.8) is 0 Å². The van der Waals surface area contributed by atoms with Gasteiger partial charge < -0.3 is 0 Å². The van der Waals surface area contributed by atoms with Gasteiger partial charge >= 0.3 is 0 Å². The summed E-state index contributed by atoms with van der Waals surface area (Å²) in [5.41, 5.74) is 2.10. The van der Waals surface area contributed by atoms with Crippen LogP contribution in [-0.4, -0.2) is 0 Å². The van der Waals surface area contributed by atoms with Gasteiger partial charge in [-0.3, -0.25) is 0 Å². The van der Waals surface area contributed by atoms with Crippen LogP contribution < -0.4 is 0 Å². The first kappa shape index (κ1) is 19.4. The lowest BCUT2D eigenvalue weighted by Gasteiger charge is -2.28. The molecule has 0 heterocycles. The lowest BCUT2D eigenvalue weighted by molar-refractivity contribution is 0.346. The molecule has 0 aromatic heterocycles. The van der Waals surface area contributed by atoms with Crippen molar-refractivity contribution in [2.75, 3.05) is 0 Å². The third-order valence-electron chi connectivity index (χ3n) is 6.24. The highest BCUT2D eigenvalue weighted by atomic mass is 19.1. The zero-order chi connectivity index (χ0) is 19.1. The van der Waals surface area contributed by atoms with Crippen LogP contribution in [0.15, 0.2) is 48.3 Å². The van der Waals surface area contributed by atoms with E-state index >= 15 is 0 Å². The Morgan fingerprint density at radius 3 is 1.85 bits per heavy atom. The molecule has 1 aromatic carbocycles. The van der Waals surface area contributed by atoms with E-state index in [1.165, 1.54) is 37.3 Å². The van der Waals surface area contributed by atoms with Crippen LogP contribution in [0.25, 0.3) is 0 Å². The second kappa shape index (κ2) is 9.52. The Morgan fingerprint density at radius 1 is 0.815 bits per heavy atom. The SMILES string of the molecule is N#CC(F)=CC1CCC(/C=C/C2CCC(c3ccc(C#N)cc3)CC2)CC1. The maximum Gasteiger partial charge on any atom is 0.196 e. The molecular formula is C24H27FN2. The minimum absolute atomic E-state index is 0.233. The van der Waals surface area contributed by atoms with E-state index in [4.69, 9.17) is 10.5 Å². The maximum absolute atomic E-state index is 13.1. The number of nitriles is 2. The third kappa shape index (κ3) is 5.54. The van der Waals surface area contributed by atoms with Crippen LogP contribution in [0.2, 0.25) is 0 Å². The van der Waals surface area contributed by atoms with Gasteiger partial charge in [-0.1, -0.05) is 24.3 Å². The summed E-state index contributed by atoms with van der Waals surface area (Å²) in [7, 11) is 0. The molecule has 0 aliphatic heterocycles. The third-order valence-corrected chi connectivity index (χ3v) is 6.24. The molecule has 27 heavy (non-hydrogen) atoms. The Morgan fingerprint density at radius 2 is 1.33 bits per heavy atom. The van der Waals surface area contributed by atoms with Crippen molar-refractivity contribution in [2.45, 2.75) is 57.3 Å². The number of rotatable bonds is 4. The molecule has 140 valence electrons. The first-order chi connectivity index (χ1) is 13.2. The van der Waals surface area contributed by atoms with Gasteiger partial charge in [0.25, 0.3) is 0 Å². The number of nitrogens with zero attached hydrogens (tertiary/aromatic N) is 2. The first-order valence-electron chi connectivity index (χ1n) is 10.1. The second-order valence-corrected chi connectivity index (χ2v) is 8.03. The second-order valence-electron chi connectivity index (χ2n) is 8.03. The van der Waals surface area contributed by atoms with Gasteiger partial charge in [0.15, 0.2) is 5.83 Å². The van der Waals surface area contributed by atoms with Gasteiger partial charge in [-0.15, -0.1) is 0 Å². The summed E-state index contributed by atoms with van der Waals surface area (Å²) in [6.45, 7) is 0. The van der Waals surface area contributed by atoms with Crippen LogP contribution in [0.4, 0.5) is 4.39 Å². The van der Waals surface area contributed by atoms with E-state index in [2.05, 4.69) is 30.4 Å². The van der Waals surface area contributed by atoms with Crippen LogP contribution in [-0.2, 0) is 0 Å². The summed E-state index contributed by atoms with van der Waals surface area (Å²) < 4.78 is 13.1. The Labute approximate surface area is 162 Å². The minimum atomic E-state index is -0.631. The average molecular weight is 362 g/mol. The Bertz CT molecular complexity index is 747. The molecule has 0 radical (unpaired) electrons. The van der Waals surface area contributed by atoms with Gasteiger partial charge in [0.1, 0.15) is 6.07 Å². The van der Waals surface area contributed by atoms with Crippen LogP contribution in [0.1, 0.15) is 68.4 Å². The van der Waals surface area contributed by atoms with E-state index in [1.54, 1.807) is 6.07 Å². The highest BCUT2D eigenvalue weighted by Crippen LogP contribution is 2.37. The van der Waals surface area contributed by atoms with E-state index < -0.39 is 5.83 Å². The van der Waals surface area contributed by atoms with Crippen molar-refractivity contribution in [1.82, 2.24) is 0 Å². The molecule has 0 bridgehead atoms. The molecule has 2 saturated carbocycles. The van der Waals surface area contributed by atoms with Crippen molar-refractivity contribution in [3.8, 4) is 12.1 Å². The predicted molar refractivity (Wildman–Crippen MR) is 105 cm³/mol. The number of allylic oxidation sites excluding steroid dienone is 4. The average Bonchev–Trinajstić information content (AvgIpc) is 2.73. The molecule has 0 spiro atoms. The summed E-state index contributed by atoms with van der Waals surface area (Å²) in [5.74, 6) is 1.51. The van der Waals surface area contributed by atoms with Crippen LogP contribution in [0.5, 0.6) is 0 Å². The monoisotopic (exact) mass is 362 g/mol. The molecule has 0 saturated heterocycles. The molecule has 2 aliphatic carbocycles. The molecule has 0 N–H and O–H groups in total. The van der Waals surface area contributed by atoms with Gasteiger partial charge in [0.05, 0.1) is 11.6 Å². The number of hydrogen-bond acceptors (Lipinski definition) is 2. The highest BCUT2D eigenvalue weighted by molar-refractivity contribution is 5.33. The zero-order valence-electron chi connectivity index (χ0n) is 15.8. The molecule has 3 rings (SSSR count). The highest BCUT2D eigenvalue weighted by Gasteiger charge is 2.22. The summed E-state index contributed by atoms with van der Waals surface area (Å²) in [6, 6.07) is 11.8. The van der Waals surface area contributed by atoms with E-state index in [1.807, 2.05) is 12.1 Å². The molecule has 0 unspecified atom stereocenters. The molecule has 0 atom stereocenters. The molecule has 0 amide bonds. The maximum atomic E-state index is 13.1. The zero-order valence-corrected chi connectivity index (χ0v) is 15.8. The van der Waals surface area contributed by atoms with Crippen molar-refractivity contribution in [1.29, 1.82) is 10.5 Å².